The summed E-state index contributed by atoms with van der Waals surface area (Å²) in [7, 11) is 0. The molecule has 1 aromatic carbocycles. The second-order valence-electron chi connectivity index (χ2n) is 4.79. The average molecular weight is 234 g/mol. The van der Waals surface area contributed by atoms with Crippen LogP contribution in [-0.2, 0) is 0 Å². The second-order valence-corrected chi connectivity index (χ2v) is 4.79. The summed E-state index contributed by atoms with van der Waals surface area (Å²) in [5.74, 6) is 0.592. The predicted octanol–water partition coefficient (Wildman–Crippen LogP) is 3.15. The maximum Gasteiger partial charge on any atom is 0.0470 e. The van der Waals surface area contributed by atoms with Gasteiger partial charge in [0, 0.05) is 12.6 Å². The zero-order valence-electron chi connectivity index (χ0n) is 11.6. The van der Waals surface area contributed by atoms with Crippen molar-refractivity contribution in [2.24, 2.45) is 5.73 Å². The number of likely N-dealkylation sites (N-methyl/N-ethyl adjacent to an activating group) is 1. The van der Waals surface area contributed by atoms with Crippen molar-refractivity contribution in [2.45, 2.75) is 39.7 Å². The molecule has 0 amide bonds. The molecule has 17 heavy (non-hydrogen) atoms. The molecule has 1 atom stereocenters. The molecule has 0 spiro atoms. The number of hydrogen-bond donors (Lipinski definition) is 1. The van der Waals surface area contributed by atoms with Crippen molar-refractivity contribution in [3.8, 4) is 0 Å². The topological polar surface area (TPSA) is 29.3 Å². The van der Waals surface area contributed by atoms with Crippen molar-refractivity contribution < 1.29 is 0 Å². The lowest BCUT2D eigenvalue weighted by Crippen LogP contribution is -2.33. The molecule has 0 saturated carbocycles. The third-order valence-corrected chi connectivity index (χ3v) is 3.46. The Bertz CT molecular complexity index is 312. The molecule has 0 fully saturated rings. The average Bonchev–Trinajstić information content (AvgIpc) is 2.36. The van der Waals surface area contributed by atoms with Gasteiger partial charge >= 0.3 is 0 Å². The lowest BCUT2D eigenvalue weighted by molar-refractivity contribution is 0.224. The third kappa shape index (κ3) is 3.55. The van der Waals surface area contributed by atoms with Crippen molar-refractivity contribution in [3.63, 3.8) is 0 Å². The lowest BCUT2D eigenvalue weighted by Gasteiger charge is -2.29. The summed E-state index contributed by atoms with van der Waals surface area (Å²) < 4.78 is 0. The second kappa shape index (κ2) is 6.77. The molecule has 2 N–H and O–H groups in total. The fraction of sp³-hybridized carbons (Fsp3) is 0.600. The van der Waals surface area contributed by atoms with Crippen molar-refractivity contribution in [2.75, 3.05) is 19.6 Å². The van der Waals surface area contributed by atoms with E-state index in [9.17, 15) is 0 Å². The van der Waals surface area contributed by atoms with E-state index in [2.05, 4.69) is 56.9 Å². The fourth-order valence-electron chi connectivity index (χ4n) is 2.26. The Labute approximate surface area is 106 Å². The largest absolute Gasteiger partial charge is 0.329 e. The van der Waals surface area contributed by atoms with E-state index >= 15 is 0 Å². The van der Waals surface area contributed by atoms with Crippen molar-refractivity contribution in [1.82, 2.24) is 4.90 Å². The maximum absolute atomic E-state index is 5.91. The molecule has 0 radical (unpaired) electrons. The van der Waals surface area contributed by atoms with Gasteiger partial charge in [0.05, 0.1) is 0 Å². The van der Waals surface area contributed by atoms with Gasteiger partial charge in [-0.25, -0.2) is 0 Å². The molecule has 0 heterocycles. The summed E-state index contributed by atoms with van der Waals surface area (Å²) in [6.45, 7) is 11.6. The highest BCUT2D eigenvalue weighted by molar-refractivity contribution is 5.27. The number of rotatable bonds is 6. The van der Waals surface area contributed by atoms with Gasteiger partial charge in [-0.2, -0.15) is 0 Å². The Morgan fingerprint density at radius 2 is 1.47 bits per heavy atom. The van der Waals surface area contributed by atoms with Crippen molar-refractivity contribution >= 4 is 0 Å². The van der Waals surface area contributed by atoms with Gasteiger partial charge in [0.1, 0.15) is 0 Å². The molecule has 0 aliphatic heterocycles. The Kier molecular flexibility index (Phi) is 5.66. The Hall–Kier alpha value is -0.860. The molecule has 1 aromatic rings. The van der Waals surface area contributed by atoms with E-state index in [1.165, 1.54) is 11.1 Å². The van der Waals surface area contributed by atoms with E-state index in [0.717, 1.165) is 13.1 Å². The van der Waals surface area contributed by atoms with Gasteiger partial charge in [0.15, 0.2) is 0 Å². The third-order valence-electron chi connectivity index (χ3n) is 3.46. The highest BCUT2D eigenvalue weighted by atomic mass is 15.2. The lowest BCUT2D eigenvalue weighted by atomic mass is 9.98. The van der Waals surface area contributed by atoms with E-state index in [1.54, 1.807) is 0 Å². The first kappa shape index (κ1) is 14.2. The first-order chi connectivity index (χ1) is 8.13. The minimum atomic E-state index is 0.353. The molecule has 1 rings (SSSR count). The minimum Gasteiger partial charge on any atom is -0.329 e. The normalized spacial score (nSPS) is 13.4. The van der Waals surface area contributed by atoms with E-state index in [1.807, 2.05) is 0 Å². The van der Waals surface area contributed by atoms with Gasteiger partial charge in [-0.05, 0) is 30.1 Å². The van der Waals surface area contributed by atoms with E-state index < -0.39 is 0 Å². The summed E-state index contributed by atoms with van der Waals surface area (Å²) in [5.41, 5.74) is 8.64. The molecule has 1 unspecified atom stereocenters. The van der Waals surface area contributed by atoms with Gasteiger partial charge in [0.25, 0.3) is 0 Å². The van der Waals surface area contributed by atoms with Crippen LogP contribution in [-0.4, -0.2) is 24.5 Å². The summed E-state index contributed by atoms with van der Waals surface area (Å²) in [6.07, 6.45) is 0. The van der Waals surface area contributed by atoms with E-state index in [4.69, 9.17) is 5.73 Å². The summed E-state index contributed by atoms with van der Waals surface area (Å²) in [5, 5.41) is 0. The van der Waals surface area contributed by atoms with Crippen LogP contribution in [0, 0.1) is 0 Å². The zero-order valence-corrected chi connectivity index (χ0v) is 11.6. The van der Waals surface area contributed by atoms with Crippen LogP contribution in [0.1, 0.15) is 50.8 Å². The van der Waals surface area contributed by atoms with Crippen molar-refractivity contribution in [1.29, 1.82) is 0 Å². The SMILES string of the molecule is CCN(CC)C(CN)c1ccc(C(C)C)cc1. The Balaban J connectivity index is 2.89. The molecular weight excluding hydrogens is 208 g/mol. The molecular formula is C15H26N2. The zero-order chi connectivity index (χ0) is 12.8. The highest BCUT2D eigenvalue weighted by Crippen LogP contribution is 2.22. The van der Waals surface area contributed by atoms with E-state index in [0.29, 0.717) is 18.5 Å². The van der Waals surface area contributed by atoms with Crippen LogP contribution in [0.5, 0.6) is 0 Å². The maximum atomic E-state index is 5.91. The van der Waals surface area contributed by atoms with Crippen molar-refractivity contribution in [3.05, 3.63) is 35.4 Å². The number of nitrogens with zero attached hydrogens (tertiary/aromatic N) is 1. The van der Waals surface area contributed by atoms with Crippen LogP contribution in [0.15, 0.2) is 24.3 Å². The summed E-state index contributed by atoms with van der Waals surface area (Å²) >= 11 is 0. The minimum absolute atomic E-state index is 0.353. The molecule has 96 valence electrons. The van der Waals surface area contributed by atoms with Crippen LogP contribution in [0.2, 0.25) is 0 Å². The van der Waals surface area contributed by atoms with Crippen LogP contribution in [0.25, 0.3) is 0 Å². The van der Waals surface area contributed by atoms with E-state index in [-0.39, 0.29) is 0 Å². The fourth-order valence-corrected chi connectivity index (χ4v) is 2.26. The van der Waals surface area contributed by atoms with Gasteiger partial charge < -0.3 is 5.73 Å². The molecule has 0 saturated heterocycles. The molecule has 0 aromatic heterocycles. The smallest absolute Gasteiger partial charge is 0.0470 e. The number of nitrogens with two attached hydrogens (primary N) is 1. The molecule has 2 heteroatoms. The van der Waals surface area contributed by atoms with Crippen LogP contribution in [0.4, 0.5) is 0 Å². The number of hydrogen-bond acceptors (Lipinski definition) is 2. The molecule has 0 aliphatic rings. The van der Waals surface area contributed by atoms with Crippen LogP contribution >= 0.6 is 0 Å². The van der Waals surface area contributed by atoms with Crippen LogP contribution < -0.4 is 5.73 Å². The van der Waals surface area contributed by atoms with Gasteiger partial charge in [-0.15, -0.1) is 0 Å². The van der Waals surface area contributed by atoms with Gasteiger partial charge in [-0.3, -0.25) is 4.90 Å². The first-order valence-corrected chi connectivity index (χ1v) is 6.67. The molecule has 2 nitrogen and oxygen atoms in total. The first-order valence-electron chi connectivity index (χ1n) is 6.67. The Morgan fingerprint density at radius 3 is 1.82 bits per heavy atom. The standard InChI is InChI=1S/C15H26N2/c1-5-17(6-2)15(11-16)14-9-7-13(8-10-14)12(3)4/h7-10,12,15H,5-6,11,16H2,1-4H3. The van der Waals surface area contributed by atoms with Crippen LogP contribution in [0.3, 0.4) is 0 Å². The Morgan fingerprint density at radius 1 is 1.00 bits per heavy atom. The molecule has 0 bridgehead atoms. The van der Waals surface area contributed by atoms with Gasteiger partial charge in [0.2, 0.25) is 0 Å². The monoisotopic (exact) mass is 234 g/mol. The highest BCUT2D eigenvalue weighted by Gasteiger charge is 2.15. The van der Waals surface area contributed by atoms with Gasteiger partial charge in [-0.1, -0.05) is 52.0 Å². The predicted molar refractivity (Wildman–Crippen MR) is 75.2 cm³/mol. The summed E-state index contributed by atoms with van der Waals surface area (Å²) in [4.78, 5) is 2.41. The molecule has 0 aliphatic carbocycles. The quantitative estimate of drug-likeness (QED) is 0.819. The number of benzene rings is 1. The summed E-state index contributed by atoms with van der Waals surface area (Å²) in [6, 6.07) is 9.26.